The molecule has 0 radical (unpaired) electrons. The third kappa shape index (κ3) is 3.80. The van der Waals surface area contributed by atoms with Crippen LogP contribution in [0.25, 0.3) is 0 Å². The van der Waals surface area contributed by atoms with E-state index in [-0.39, 0.29) is 5.69 Å². The van der Waals surface area contributed by atoms with Crippen LogP contribution in [-0.4, -0.2) is 12.0 Å². The first-order chi connectivity index (χ1) is 10.0. The summed E-state index contributed by atoms with van der Waals surface area (Å²) < 4.78 is 6.87. The summed E-state index contributed by atoms with van der Waals surface area (Å²) in [4.78, 5) is 10.3. The van der Waals surface area contributed by atoms with Gasteiger partial charge in [-0.1, -0.05) is 15.9 Å². The third-order valence-electron chi connectivity index (χ3n) is 2.98. The number of halogens is 1. The van der Waals surface area contributed by atoms with Crippen molar-refractivity contribution in [1.82, 2.24) is 5.32 Å². The Bertz CT molecular complexity index is 674. The summed E-state index contributed by atoms with van der Waals surface area (Å²) in [5.74, 6) is 1.34. The van der Waals surface area contributed by atoms with Crippen molar-refractivity contribution < 1.29 is 9.66 Å². The Labute approximate surface area is 131 Å². The third-order valence-corrected chi connectivity index (χ3v) is 3.47. The molecule has 0 aliphatic carbocycles. The maximum atomic E-state index is 10.8. The lowest BCUT2D eigenvalue weighted by Crippen LogP contribution is -2.06. The molecule has 0 saturated heterocycles. The highest BCUT2D eigenvalue weighted by Crippen LogP contribution is 2.31. The monoisotopic (exact) mass is 350 g/mol. The van der Waals surface area contributed by atoms with Crippen LogP contribution in [0.3, 0.4) is 0 Å². The molecule has 2 aromatic carbocycles. The van der Waals surface area contributed by atoms with Crippen molar-refractivity contribution in [2.75, 3.05) is 7.05 Å². The molecule has 0 saturated carbocycles. The van der Waals surface area contributed by atoms with Crippen LogP contribution < -0.4 is 10.1 Å². The zero-order chi connectivity index (χ0) is 15.4. The average Bonchev–Trinajstić information content (AvgIpc) is 2.43. The van der Waals surface area contributed by atoms with Gasteiger partial charge in [0.25, 0.3) is 5.69 Å². The highest BCUT2D eigenvalue weighted by atomic mass is 79.9. The highest BCUT2D eigenvalue weighted by molar-refractivity contribution is 9.10. The summed E-state index contributed by atoms with van der Waals surface area (Å²) in [6.45, 7) is 2.46. The molecule has 0 bridgehead atoms. The molecule has 0 aliphatic rings. The van der Waals surface area contributed by atoms with Gasteiger partial charge in [-0.2, -0.15) is 0 Å². The number of nitrogens with one attached hydrogen (secondary N) is 1. The van der Waals surface area contributed by atoms with Gasteiger partial charge < -0.3 is 10.1 Å². The molecule has 6 heteroatoms. The van der Waals surface area contributed by atoms with Gasteiger partial charge in [0, 0.05) is 28.7 Å². The van der Waals surface area contributed by atoms with Crippen LogP contribution in [0.4, 0.5) is 5.69 Å². The van der Waals surface area contributed by atoms with E-state index in [0.29, 0.717) is 12.3 Å². The maximum absolute atomic E-state index is 10.8. The molecule has 2 aromatic rings. The smallest absolute Gasteiger partial charge is 0.269 e. The Balaban J connectivity index is 2.32. The Morgan fingerprint density at radius 1 is 1.24 bits per heavy atom. The van der Waals surface area contributed by atoms with Crippen LogP contribution in [0.5, 0.6) is 11.5 Å². The molecular formula is C15H15BrN2O3. The van der Waals surface area contributed by atoms with Gasteiger partial charge >= 0.3 is 0 Å². The number of hydrogen-bond donors (Lipinski definition) is 1. The fourth-order valence-electron chi connectivity index (χ4n) is 1.96. The van der Waals surface area contributed by atoms with Crippen molar-refractivity contribution in [3.8, 4) is 11.5 Å². The Hall–Kier alpha value is -1.92. The van der Waals surface area contributed by atoms with Crippen molar-refractivity contribution in [3.63, 3.8) is 0 Å². The van der Waals surface area contributed by atoms with Crippen LogP contribution in [0.2, 0.25) is 0 Å². The summed E-state index contributed by atoms with van der Waals surface area (Å²) in [6, 6.07) is 10.3. The number of non-ortho nitro benzene ring substituents is 1. The molecule has 1 N–H and O–H groups in total. The first-order valence-corrected chi connectivity index (χ1v) is 7.16. The zero-order valence-electron chi connectivity index (χ0n) is 11.7. The molecule has 0 aromatic heterocycles. The topological polar surface area (TPSA) is 64.4 Å². The number of rotatable bonds is 5. The second kappa shape index (κ2) is 6.69. The maximum Gasteiger partial charge on any atom is 0.269 e. The SMILES string of the molecule is CNCc1cc(Br)ccc1Oc1ccc([N+](=O)[O-])cc1C. The van der Waals surface area contributed by atoms with Crippen LogP contribution >= 0.6 is 15.9 Å². The van der Waals surface area contributed by atoms with E-state index in [0.717, 1.165) is 21.3 Å². The number of aryl methyl sites for hydroxylation is 1. The van der Waals surface area contributed by atoms with E-state index >= 15 is 0 Å². The van der Waals surface area contributed by atoms with Crippen LogP contribution in [0.15, 0.2) is 40.9 Å². The lowest BCUT2D eigenvalue weighted by atomic mass is 10.1. The summed E-state index contributed by atoms with van der Waals surface area (Å²) in [5.41, 5.74) is 1.79. The average molecular weight is 351 g/mol. The first kappa shape index (κ1) is 15.5. The van der Waals surface area contributed by atoms with Crippen molar-refractivity contribution in [1.29, 1.82) is 0 Å². The summed E-state index contributed by atoms with van der Waals surface area (Å²) in [5, 5.41) is 13.8. The number of benzene rings is 2. The van der Waals surface area contributed by atoms with Gasteiger partial charge in [-0.15, -0.1) is 0 Å². The number of ether oxygens (including phenoxy) is 1. The van der Waals surface area contributed by atoms with Gasteiger partial charge in [-0.05, 0) is 43.8 Å². The second-order valence-electron chi connectivity index (χ2n) is 4.59. The van der Waals surface area contributed by atoms with Crippen LogP contribution in [-0.2, 0) is 6.54 Å². The Kier molecular flexibility index (Phi) is 4.93. The summed E-state index contributed by atoms with van der Waals surface area (Å²) in [7, 11) is 1.86. The predicted octanol–water partition coefficient (Wildman–Crippen LogP) is 4.18. The van der Waals surface area contributed by atoms with E-state index in [2.05, 4.69) is 21.2 Å². The molecule has 5 nitrogen and oxygen atoms in total. The van der Waals surface area contributed by atoms with Crippen molar-refractivity contribution in [2.45, 2.75) is 13.5 Å². The van der Waals surface area contributed by atoms with Crippen molar-refractivity contribution >= 4 is 21.6 Å². The van der Waals surface area contributed by atoms with E-state index in [4.69, 9.17) is 4.74 Å². The zero-order valence-corrected chi connectivity index (χ0v) is 13.3. The molecule has 0 unspecified atom stereocenters. The van der Waals surface area contributed by atoms with E-state index in [1.54, 1.807) is 13.0 Å². The van der Waals surface area contributed by atoms with Gasteiger partial charge in [-0.3, -0.25) is 10.1 Å². The molecule has 0 heterocycles. The lowest BCUT2D eigenvalue weighted by Gasteiger charge is -2.13. The Morgan fingerprint density at radius 3 is 2.57 bits per heavy atom. The highest BCUT2D eigenvalue weighted by Gasteiger charge is 2.11. The van der Waals surface area contributed by atoms with Crippen LogP contribution in [0.1, 0.15) is 11.1 Å². The fourth-order valence-corrected chi connectivity index (χ4v) is 2.36. The number of hydrogen-bond acceptors (Lipinski definition) is 4. The molecule has 0 fully saturated rings. The molecule has 0 aliphatic heterocycles. The van der Waals surface area contributed by atoms with E-state index in [1.807, 2.05) is 25.2 Å². The molecule has 2 rings (SSSR count). The normalized spacial score (nSPS) is 10.4. The van der Waals surface area contributed by atoms with Crippen molar-refractivity contribution in [2.24, 2.45) is 0 Å². The minimum atomic E-state index is -0.414. The predicted molar refractivity (Wildman–Crippen MR) is 84.8 cm³/mol. The van der Waals surface area contributed by atoms with Gasteiger partial charge in [0.15, 0.2) is 0 Å². The molecule has 21 heavy (non-hydrogen) atoms. The number of nitrogens with zero attached hydrogens (tertiary/aromatic N) is 1. The van der Waals surface area contributed by atoms with Gasteiger partial charge in [0.05, 0.1) is 4.92 Å². The second-order valence-corrected chi connectivity index (χ2v) is 5.51. The molecule has 0 amide bonds. The number of nitro benzene ring substituents is 1. The minimum Gasteiger partial charge on any atom is -0.457 e. The first-order valence-electron chi connectivity index (χ1n) is 6.37. The van der Waals surface area contributed by atoms with Gasteiger partial charge in [-0.25, -0.2) is 0 Å². The largest absolute Gasteiger partial charge is 0.457 e. The Morgan fingerprint density at radius 2 is 1.95 bits per heavy atom. The van der Waals surface area contributed by atoms with Crippen molar-refractivity contribution in [3.05, 3.63) is 62.1 Å². The van der Waals surface area contributed by atoms with E-state index in [9.17, 15) is 10.1 Å². The minimum absolute atomic E-state index is 0.0612. The quantitative estimate of drug-likeness (QED) is 0.648. The standard InChI is InChI=1S/C15H15BrN2O3/c1-10-7-13(18(19)20)4-6-14(10)21-15-5-3-12(16)8-11(15)9-17-2/h3-8,17H,9H2,1-2H3. The molecule has 0 atom stereocenters. The van der Waals surface area contributed by atoms with E-state index in [1.165, 1.54) is 12.1 Å². The molecule has 110 valence electrons. The molecule has 0 spiro atoms. The van der Waals surface area contributed by atoms with Crippen LogP contribution in [0, 0.1) is 17.0 Å². The lowest BCUT2D eigenvalue weighted by molar-refractivity contribution is -0.384. The fraction of sp³-hybridized carbons (Fsp3) is 0.200. The van der Waals surface area contributed by atoms with E-state index < -0.39 is 4.92 Å². The summed E-state index contributed by atoms with van der Waals surface area (Å²) >= 11 is 3.43. The summed E-state index contributed by atoms with van der Waals surface area (Å²) in [6.07, 6.45) is 0. The molecular weight excluding hydrogens is 336 g/mol. The number of nitro groups is 1. The van der Waals surface area contributed by atoms with Gasteiger partial charge in [0.1, 0.15) is 11.5 Å². The van der Waals surface area contributed by atoms with Gasteiger partial charge in [0.2, 0.25) is 0 Å².